The van der Waals surface area contributed by atoms with Crippen molar-refractivity contribution in [1.29, 1.82) is 0 Å². The highest BCUT2D eigenvalue weighted by molar-refractivity contribution is 7.09. The van der Waals surface area contributed by atoms with Crippen LogP contribution in [0.25, 0.3) is 11.1 Å². The van der Waals surface area contributed by atoms with Crippen LogP contribution in [0, 0.1) is 6.92 Å². The molecule has 2 aromatic carbocycles. The summed E-state index contributed by atoms with van der Waals surface area (Å²) in [5.74, 6) is -0.434. The minimum absolute atomic E-state index is 0.404. The van der Waals surface area contributed by atoms with Gasteiger partial charge in [-0.15, -0.1) is 11.3 Å². The van der Waals surface area contributed by atoms with E-state index in [9.17, 15) is 9.90 Å². The Hall–Kier alpha value is -2.50. The molecule has 4 nitrogen and oxygen atoms in total. The normalized spacial score (nSPS) is 10.7. The van der Waals surface area contributed by atoms with Gasteiger partial charge >= 0.3 is 5.97 Å². The molecule has 1 atom stereocenters. The summed E-state index contributed by atoms with van der Waals surface area (Å²) in [6.45, 7) is 10.0. The smallest absolute Gasteiger partial charge is 0.337 e. The van der Waals surface area contributed by atoms with Crippen molar-refractivity contribution in [2.24, 2.45) is 0 Å². The van der Waals surface area contributed by atoms with Crippen LogP contribution >= 0.6 is 11.3 Å². The van der Waals surface area contributed by atoms with Gasteiger partial charge < -0.3 is 9.84 Å². The topological polar surface area (TPSA) is 59.4 Å². The number of carbonyl (C=O) groups is 1. The average Bonchev–Trinajstić information content (AvgIpc) is 3.30. The largest absolute Gasteiger partial charge is 0.465 e. The second kappa shape index (κ2) is 12.1. The predicted octanol–water partition coefficient (Wildman–Crippen LogP) is 6.04. The maximum absolute atomic E-state index is 12.0. The highest BCUT2D eigenvalue weighted by Gasteiger charge is 2.17. The molecule has 1 aromatic heterocycles. The number of aromatic nitrogens is 1. The Balaban J connectivity index is 0.000000921. The molecule has 0 aliphatic heterocycles. The van der Waals surface area contributed by atoms with E-state index < -0.39 is 12.1 Å². The molecule has 28 heavy (non-hydrogen) atoms. The number of rotatable bonds is 4. The number of hydrogen-bond acceptors (Lipinski definition) is 5. The number of nitrogens with zero attached hydrogens (tertiary/aromatic N) is 1. The Morgan fingerprint density at radius 1 is 1.04 bits per heavy atom. The first-order valence-electron chi connectivity index (χ1n) is 9.46. The molecule has 3 rings (SSSR count). The molecule has 3 aromatic rings. The Bertz CT molecular complexity index is 843. The summed E-state index contributed by atoms with van der Waals surface area (Å²) in [6, 6.07) is 13.3. The van der Waals surface area contributed by atoms with Crippen LogP contribution in [0.5, 0.6) is 0 Å². The van der Waals surface area contributed by atoms with Crippen molar-refractivity contribution in [3.63, 3.8) is 0 Å². The van der Waals surface area contributed by atoms with Gasteiger partial charge in [-0.1, -0.05) is 57.5 Å². The SMILES string of the molecule is CC.CC.COC(=O)c1cc(-c2ccc(C)cc2)cc(C(O)c2nccs2)c1. The lowest BCUT2D eigenvalue weighted by Gasteiger charge is -2.13. The number of aryl methyl sites for hydroxylation is 1. The van der Waals surface area contributed by atoms with E-state index in [1.807, 2.05) is 70.3 Å². The Kier molecular flexibility index (Phi) is 10.1. The fourth-order valence-corrected chi connectivity index (χ4v) is 3.12. The second-order valence-corrected chi connectivity index (χ2v) is 6.40. The van der Waals surface area contributed by atoms with Crippen molar-refractivity contribution in [3.8, 4) is 11.1 Å². The molecule has 1 unspecified atom stereocenters. The minimum Gasteiger partial charge on any atom is -0.465 e. The summed E-state index contributed by atoms with van der Waals surface area (Å²) in [6.07, 6.45) is 0.771. The molecule has 150 valence electrons. The molecule has 1 N–H and O–H groups in total. The average molecular weight is 400 g/mol. The Labute approximate surface area is 171 Å². The minimum atomic E-state index is -0.876. The number of carbonyl (C=O) groups excluding carboxylic acids is 1. The van der Waals surface area contributed by atoms with Crippen LogP contribution < -0.4 is 0 Å². The monoisotopic (exact) mass is 399 g/mol. The van der Waals surface area contributed by atoms with Crippen LogP contribution in [-0.4, -0.2) is 23.2 Å². The van der Waals surface area contributed by atoms with E-state index in [0.717, 1.165) is 16.7 Å². The van der Waals surface area contributed by atoms with E-state index in [4.69, 9.17) is 4.74 Å². The molecule has 0 aliphatic rings. The van der Waals surface area contributed by atoms with Gasteiger partial charge in [0.05, 0.1) is 12.7 Å². The lowest BCUT2D eigenvalue weighted by Crippen LogP contribution is -2.06. The van der Waals surface area contributed by atoms with E-state index >= 15 is 0 Å². The van der Waals surface area contributed by atoms with Crippen molar-refractivity contribution in [1.82, 2.24) is 4.98 Å². The van der Waals surface area contributed by atoms with Crippen molar-refractivity contribution in [3.05, 3.63) is 75.7 Å². The molecule has 0 spiro atoms. The molecule has 0 saturated heterocycles. The molecule has 5 heteroatoms. The van der Waals surface area contributed by atoms with Crippen LogP contribution in [0.1, 0.15) is 60.3 Å². The molecule has 0 fully saturated rings. The number of esters is 1. The van der Waals surface area contributed by atoms with E-state index in [2.05, 4.69) is 4.98 Å². The third-order valence-corrected chi connectivity index (χ3v) is 4.59. The van der Waals surface area contributed by atoms with Gasteiger partial charge in [0.2, 0.25) is 0 Å². The summed E-state index contributed by atoms with van der Waals surface area (Å²) in [5, 5.41) is 13.0. The lowest BCUT2D eigenvalue weighted by atomic mass is 9.97. The first kappa shape index (κ1) is 23.5. The summed E-state index contributed by atoms with van der Waals surface area (Å²) >= 11 is 1.37. The molecular weight excluding hydrogens is 370 g/mol. The van der Waals surface area contributed by atoms with Crippen LogP contribution in [0.15, 0.2) is 54.0 Å². The molecule has 1 heterocycles. The third kappa shape index (κ3) is 6.01. The molecule has 0 bridgehead atoms. The number of ether oxygens (including phenoxy) is 1. The zero-order valence-corrected chi connectivity index (χ0v) is 18.2. The molecular formula is C23H29NO3S. The van der Waals surface area contributed by atoms with E-state index in [1.54, 1.807) is 18.3 Å². The van der Waals surface area contributed by atoms with Gasteiger partial charge in [-0.3, -0.25) is 0 Å². The van der Waals surface area contributed by atoms with Crippen LogP contribution in [0.4, 0.5) is 0 Å². The zero-order valence-electron chi connectivity index (χ0n) is 17.4. The van der Waals surface area contributed by atoms with Gasteiger partial charge in [-0.2, -0.15) is 0 Å². The van der Waals surface area contributed by atoms with Gasteiger partial charge in [-0.25, -0.2) is 9.78 Å². The van der Waals surface area contributed by atoms with Gasteiger partial charge in [-0.05, 0) is 41.8 Å². The van der Waals surface area contributed by atoms with Gasteiger partial charge in [0.25, 0.3) is 0 Å². The summed E-state index contributed by atoms with van der Waals surface area (Å²) in [4.78, 5) is 16.1. The van der Waals surface area contributed by atoms with Crippen molar-refractivity contribution in [2.75, 3.05) is 7.11 Å². The maximum atomic E-state index is 12.0. The number of benzene rings is 2. The fourth-order valence-electron chi connectivity index (χ4n) is 2.47. The standard InChI is InChI=1S/C19H17NO3S.2C2H6/c1-12-3-5-13(6-4-12)14-9-15(11-16(10-14)19(22)23-2)17(21)18-20-7-8-24-18;2*1-2/h3-11,17,21H,1-2H3;2*1-2H3. The lowest BCUT2D eigenvalue weighted by molar-refractivity contribution is 0.0600. The molecule has 0 saturated carbocycles. The predicted molar refractivity (Wildman–Crippen MR) is 117 cm³/mol. The number of thiazole rings is 1. The first-order valence-corrected chi connectivity index (χ1v) is 10.3. The van der Waals surface area contributed by atoms with E-state index in [-0.39, 0.29) is 0 Å². The molecule has 0 radical (unpaired) electrons. The highest BCUT2D eigenvalue weighted by atomic mass is 32.1. The third-order valence-electron chi connectivity index (χ3n) is 3.76. The van der Waals surface area contributed by atoms with Gasteiger partial charge in [0.15, 0.2) is 0 Å². The maximum Gasteiger partial charge on any atom is 0.337 e. The Morgan fingerprint density at radius 3 is 2.21 bits per heavy atom. The van der Waals surface area contributed by atoms with Gasteiger partial charge in [0, 0.05) is 11.6 Å². The van der Waals surface area contributed by atoms with E-state index in [1.165, 1.54) is 18.4 Å². The second-order valence-electron chi connectivity index (χ2n) is 5.47. The van der Waals surface area contributed by atoms with Crippen molar-refractivity contribution < 1.29 is 14.6 Å². The Morgan fingerprint density at radius 2 is 1.68 bits per heavy atom. The quantitative estimate of drug-likeness (QED) is 0.543. The summed E-state index contributed by atoms with van der Waals surface area (Å²) < 4.78 is 4.84. The highest BCUT2D eigenvalue weighted by Crippen LogP contribution is 2.30. The van der Waals surface area contributed by atoms with Crippen molar-refractivity contribution >= 4 is 17.3 Å². The zero-order chi connectivity index (χ0) is 21.1. The summed E-state index contributed by atoms with van der Waals surface area (Å²) in [5.41, 5.74) is 4.00. The van der Waals surface area contributed by atoms with Crippen molar-refractivity contribution in [2.45, 2.75) is 40.7 Å². The molecule has 0 aliphatic carbocycles. The molecule has 0 amide bonds. The number of aliphatic hydroxyl groups is 1. The van der Waals surface area contributed by atoms with Crippen LogP contribution in [0.2, 0.25) is 0 Å². The van der Waals surface area contributed by atoms with Crippen LogP contribution in [0.3, 0.4) is 0 Å². The summed E-state index contributed by atoms with van der Waals surface area (Å²) in [7, 11) is 1.35. The van der Waals surface area contributed by atoms with E-state index in [0.29, 0.717) is 16.1 Å². The first-order chi connectivity index (χ1) is 13.6. The van der Waals surface area contributed by atoms with Gasteiger partial charge in [0.1, 0.15) is 11.1 Å². The number of aliphatic hydroxyl groups excluding tert-OH is 1. The number of methoxy groups -OCH3 is 1. The van der Waals surface area contributed by atoms with Crippen LogP contribution in [-0.2, 0) is 4.74 Å². The number of hydrogen-bond donors (Lipinski definition) is 1. The fraction of sp³-hybridized carbons (Fsp3) is 0.304.